The molecule has 2 aromatic carbocycles. The summed E-state index contributed by atoms with van der Waals surface area (Å²) in [6.45, 7) is 4.13. The van der Waals surface area contributed by atoms with Crippen LogP contribution in [-0.2, 0) is 17.7 Å². The Kier molecular flexibility index (Phi) is 5.90. The largest absolute Gasteiger partial charge is 0.384 e. The Hall–Kier alpha value is -1.71. The lowest BCUT2D eigenvalue weighted by Crippen LogP contribution is -2.12. The number of methoxy groups -OCH3 is 1. The molecule has 0 aliphatic heterocycles. The van der Waals surface area contributed by atoms with Crippen molar-refractivity contribution >= 4 is 0 Å². The van der Waals surface area contributed by atoms with E-state index in [1.165, 1.54) is 5.56 Å². The summed E-state index contributed by atoms with van der Waals surface area (Å²) >= 11 is 0. The van der Waals surface area contributed by atoms with Crippen LogP contribution in [0.4, 0.5) is 4.39 Å². The molecule has 2 rings (SSSR count). The van der Waals surface area contributed by atoms with Gasteiger partial charge in [-0.15, -0.1) is 0 Å². The van der Waals surface area contributed by atoms with Gasteiger partial charge < -0.3 is 10.1 Å². The maximum atomic E-state index is 13.8. The van der Waals surface area contributed by atoms with Crippen molar-refractivity contribution in [1.82, 2.24) is 5.32 Å². The van der Waals surface area contributed by atoms with Gasteiger partial charge in [0, 0.05) is 19.2 Å². The maximum Gasteiger partial charge on any atom is 0.127 e. The van der Waals surface area contributed by atoms with Crippen molar-refractivity contribution < 1.29 is 9.13 Å². The predicted molar refractivity (Wildman–Crippen MR) is 84.8 cm³/mol. The van der Waals surface area contributed by atoms with E-state index in [1.54, 1.807) is 13.2 Å². The van der Waals surface area contributed by atoms with Gasteiger partial charge in [0.1, 0.15) is 5.82 Å². The van der Waals surface area contributed by atoms with Crippen LogP contribution in [0.3, 0.4) is 0 Å². The number of ether oxygens (including phenoxy) is 1. The van der Waals surface area contributed by atoms with Crippen LogP contribution in [0.15, 0.2) is 42.5 Å². The molecule has 0 bridgehead atoms. The molecule has 0 radical (unpaired) electrons. The first-order valence-electron chi connectivity index (χ1n) is 7.32. The van der Waals surface area contributed by atoms with Gasteiger partial charge in [-0.05, 0) is 41.8 Å². The molecule has 0 saturated carbocycles. The Balaban J connectivity index is 2.17. The SMILES string of the molecule is CCNCc1cc(-c2ccc(CCOC)cc2)ccc1F. The lowest BCUT2D eigenvalue weighted by Gasteiger charge is -2.08. The molecule has 0 aromatic heterocycles. The fraction of sp³-hybridized carbons (Fsp3) is 0.333. The highest BCUT2D eigenvalue weighted by atomic mass is 19.1. The third-order valence-electron chi connectivity index (χ3n) is 3.49. The Morgan fingerprint density at radius 2 is 1.76 bits per heavy atom. The van der Waals surface area contributed by atoms with Gasteiger partial charge in [-0.3, -0.25) is 0 Å². The van der Waals surface area contributed by atoms with Gasteiger partial charge in [0.15, 0.2) is 0 Å². The highest BCUT2D eigenvalue weighted by Crippen LogP contribution is 2.23. The third kappa shape index (κ3) is 4.38. The van der Waals surface area contributed by atoms with Gasteiger partial charge in [0.25, 0.3) is 0 Å². The summed E-state index contributed by atoms with van der Waals surface area (Å²) in [6, 6.07) is 13.6. The second kappa shape index (κ2) is 7.91. The zero-order valence-electron chi connectivity index (χ0n) is 12.7. The smallest absolute Gasteiger partial charge is 0.127 e. The Bertz CT molecular complexity index is 566. The number of hydrogen-bond acceptors (Lipinski definition) is 2. The first kappa shape index (κ1) is 15.7. The van der Waals surface area contributed by atoms with Gasteiger partial charge in [0.2, 0.25) is 0 Å². The summed E-state index contributed by atoms with van der Waals surface area (Å²) in [6.07, 6.45) is 0.909. The van der Waals surface area contributed by atoms with Crippen molar-refractivity contribution in [3.63, 3.8) is 0 Å². The van der Waals surface area contributed by atoms with Gasteiger partial charge in [-0.2, -0.15) is 0 Å². The average molecular weight is 287 g/mol. The molecule has 1 N–H and O–H groups in total. The highest BCUT2D eigenvalue weighted by molar-refractivity contribution is 5.64. The minimum absolute atomic E-state index is 0.156. The van der Waals surface area contributed by atoms with E-state index in [-0.39, 0.29) is 5.82 Å². The van der Waals surface area contributed by atoms with Crippen molar-refractivity contribution in [2.45, 2.75) is 19.9 Å². The highest BCUT2D eigenvalue weighted by Gasteiger charge is 2.05. The molecule has 0 amide bonds. The first-order chi connectivity index (χ1) is 10.2. The van der Waals surface area contributed by atoms with Gasteiger partial charge >= 0.3 is 0 Å². The molecule has 0 aliphatic carbocycles. The Morgan fingerprint density at radius 1 is 1.05 bits per heavy atom. The van der Waals surface area contributed by atoms with Crippen LogP contribution in [0.1, 0.15) is 18.1 Å². The van der Waals surface area contributed by atoms with Gasteiger partial charge in [0.05, 0.1) is 6.61 Å². The Labute approximate surface area is 126 Å². The van der Waals surface area contributed by atoms with E-state index in [0.29, 0.717) is 12.1 Å². The molecule has 0 fully saturated rings. The van der Waals surface area contributed by atoms with Crippen molar-refractivity contribution in [1.29, 1.82) is 0 Å². The molecular formula is C18H22FNO. The van der Waals surface area contributed by atoms with Crippen LogP contribution >= 0.6 is 0 Å². The summed E-state index contributed by atoms with van der Waals surface area (Å²) in [5.41, 5.74) is 4.10. The fourth-order valence-corrected chi connectivity index (χ4v) is 2.23. The molecule has 0 saturated heterocycles. The second-order valence-electron chi connectivity index (χ2n) is 5.03. The van der Waals surface area contributed by atoms with Crippen LogP contribution in [0.2, 0.25) is 0 Å². The van der Waals surface area contributed by atoms with Crippen LogP contribution in [0, 0.1) is 5.82 Å². The van der Waals surface area contributed by atoms with Crippen LogP contribution in [0.5, 0.6) is 0 Å². The van der Waals surface area contributed by atoms with Crippen LogP contribution in [-0.4, -0.2) is 20.3 Å². The zero-order chi connectivity index (χ0) is 15.1. The number of hydrogen-bond donors (Lipinski definition) is 1. The number of halogens is 1. The topological polar surface area (TPSA) is 21.3 Å². The van der Waals surface area contributed by atoms with E-state index in [4.69, 9.17) is 4.74 Å². The van der Waals surface area contributed by atoms with E-state index in [9.17, 15) is 4.39 Å². The zero-order valence-corrected chi connectivity index (χ0v) is 12.7. The number of rotatable bonds is 7. The molecular weight excluding hydrogens is 265 g/mol. The monoisotopic (exact) mass is 287 g/mol. The third-order valence-corrected chi connectivity index (χ3v) is 3.49. The molecule has 0 atom stereocenters. The summed E-state index contributed by atoms with van der Waals surface area (Å²) in [7, 11) is 1.71. The molecule has 112 valence electrons. The molecule has 2 aromatic rings. The minimum Gasteiger partial charge on any atom is -0.384 e. The summed E-state index contributed by atoms with van der Waals surface area (Å²) in [4.78, 5) is 0. The van der Waals surface area contributed by atoms with Crippen molar-refractivity contribution in [2.24, 2.45) is 0 Å². The van der Waals surface area contributed by atoms with Crippen LogP contribution in [0.25, 0.3) is 11.1 Å². The van der Waals surface area contributed by atoms with Crippen molar-refractivity contribution in [2.75, 3.05) is 20.3 Å². The molecule has 0 heterocycles. The lowest BCUT2D eigenvalue weighted by molar-refractivity contribution is 0.202. The standard InChI is InChI=1S/C18H22FNO/c1-3-20-13-17-12-16(8-9-18(17)19)15-6-4-14(5-7-15)10-11-21-2/h4-9,12,20H,3,10-11,13H2,1-2H3. The van der Waals surface area contributed by atoms with E-state index in [1.807, 2.05) is 19.1 Å². The summed E-state index contributed by atoms with van der Waals surface area (Å²) in [5.74, 6) is -0.156. The summed E-state index contributed by atoms with van der Waals surface area (Å²) < 4.78 is 18.8. The normalized spacial score (nSPS) is 10.8. The second-order valence-corrected chi connectivity index (χ2v) is 5.03. The van der Waals surface area contributed by atoms with E-state index < -0.39 is 0 Å². The molecule has 3 heteroatoms. The van der Waals surface area contributed by atoms with Crippen molar-refractivity contribution in [3.05, 3.63) is 59.4 Å². The van der Waals surface area contributed by atoms with E-state index in [2.05, 4.69) is 29.6 Å². The molecule has 0 spiro atoms. The first-order valence-corrected chi connectivity index (χ1v) is 7.32. The predicted octanol–water partition coefficient (Wildman–Crippen LogP) is 3.79. The molecule has 0 unspecified atom stereocenters. The fourth-order valence-electron chi connectivity index (χ4n) is 2.23. The quantitative estimate of drug-likeness (QED) is 0.836. The lowest BCUT2D eigenvalue weighted by atomic mass is 10.0. The van der Waals surface area contributed by atoms with E-state index >= 15 is 0 Å². The number of nitrogens with one attached hydrogen (secondary N) is 1. The number of benzene rings is 2. The molecule has 21 heavy (non-hydrogen) atoms. The van der Waals surface area contributed by atoms with Gasteiger partial charge in [-0.1, -0.05) is 37.3 Å². The molecule has 2 nitrogen and oxygen atoms in total. The van der Waals surface area contributed by atoms with E-state index in [0.717, 1.165) is 30.7 Å². The average Bonchev–Trinajstić information content (AvgIpc) is 2.53. The van der Waals surface area contributed by atoms with Gasteiger partial charge in [-0.25, -0.2) is 4.39 Å². The van der Waals surface area contributed by atoms with Crippen molar-refractivity contribution in [3.8, 4) is 11.1 Å². The Morgan fingerprint density at radius 3 is 2.43 bits per heavy atom. The minimum atomic E-state index is -0.156. The summed E-state index contributed by atoms with van der Waals surface area (Å²) in [5, 5.41) is 3.16. The maximum absolute atomic E-state index is 13.8. The molecule has 0 aliphatic rings. The van der Waals surface area contributed by atoms with Crippen LogP contribution < -0.4 is 5.32 Å².